The van der Waals surface area contributed by atoms with Crippen LogP contribution in [-0.4, -0.2) is 25.0 Å². The Morgan fingerprint density at radius 1 is 0.966 bits per heavy atom. The van der Waals surface area contributed by atoms with Crippen molar-refractivity contribution in [2.24, 2.45) is 0 Å². The second kappa shape index (κ2) is 11.7. The molecule has 29 heavy (non-hydrogen) atoms. The standard InChI is InChI=1S/C23H30N2O4/c1-4-6-15-28-19-13-11-18(12-14-19)23(27)25-24-22(26)16-29-21-10-8-7-9-20(21)17(3)5-2/h7-14,17H,4-6,15-16H2,1-3H3,(H,24,26)(H,25,27). The number of benzene rings is 2. The highest BCUT2D eigenvalue weighted by molar-refractivity contribution is 5.95. The third kappa shape index (κ3) is 7.14. The molecule has 0 saturated heterocycles. The minimum atomic E-state index is -0.433. The molecule has 2 amide bonds. The number of nitrogens with one attached hydrogen (secondary N) is 2. The molecule has 1 atom stereocenters. The smallest absolute Gasteiger partial charge is 0.276 e. The number of carbonyl (C=O) groups is 2. The van der Waals surface area contributed by atoms with Crippen LogP contribution < -0.4 is 20.3 Å². The average molecular weight is 399 g/mol. The molecule has 0 aliphatic heterocycles. The quantitative estimate of drug-likeness (QED) is 0.464. The normalized spacial score (nSPS) is 11.4. The van der Waals surface area contributed by atoms with E-state index in [1.807, 2.05) is 24.3 Å². The van der Waals surface area contributed by atoms with E-state index in [9.17, 15) is 9.59 Å². The van der Waals surface area contributed by atoms with Gasteiger partial charge in [-0.3, -0.25) is 20.4 Å². The van der Waals surface area contributed by atoms with Crippen molar-refractivity contribution in [2.45, 2.75) is 46.0 Å². The van der Waals surface area contributed by atoms with Crippen LogP contribution in [0.5, 0.6) is 11.5 Å². The van der Waals surface area contributed by atoms with Crippen LogP contribution in [-0.2, 0) is 4.79 Å². The maximum Gasteiger partial charge on any atom is 0.276 e. The highest BCUT2D eigenvalue weighted by Gasteiger charge is 2.12. The highest BCUT2D eigenvalue weighted by Crippen LogP contribution is 2.28. The van der Waals surface area contributed by atoms with Crippen molar-refractivity contribution >= 4 is 11.8 Å². The van der Waals surface area contributed by atoms with E-state index in [0.29, 0.717) is 29.6 Å². The molecule has 156 valence electrons. The van der Waals surface area contributed by atoms with Gasteiger partial charge in [-0.15, -0.1) is 0 Å². The number of amides is 2. The van der Waals surface area contributed by atoms with Crippen LogP contribution in [0.25, 0.3) is 0 Å². The molecule has 0 heterocycles. The lowest BCUT2D eigenvalue weighted by Crippen LogP contribution is -2.43. The van der Waals surface area contributed by atoms with E-state index < -0.39 is 11.8 Å². The summed E-state index contributed by atoms with van der Waals surface area (Å²) in [5.41, 5.74) is 6.26. The minimum absolute atomic E-state index is 0.183. The van der Waals surface area contributed by atoms with Crippen LogP contribution in [0, 0.1) is 0 Å². The Labute approximate surface area is 172 Å². The predicted molar refractivity (Wildman–Crippen MR) is 113 cm³/mol. The fraction of sp³-hybridized carbons (Fsp3) is 0.391. The molecule has 2 aromatic rings. The van der Waals surface area contributed by atoms with Gasteiger partial charge in [-0.1, -0.05) is 45.4 Å². The van der Waals surface area contributed by atoms with Gasteiger partial charge < -0.3 is 9.47 Å². The average Bonchev–Trinajstić information content (AvgIpc) is 2.76. The third-order valence-corrected chi connectivity index (χ3v) is 4.62. The molecular formula is C23H30N2O4. The molecule has 0 aliphatic carbocycles. The maximum absolute atomic E-state index is 12.2. The summed E-state index contributed by atoms with van der Waals surface area (Å²) in [6.07, 6.45) is 3.02. The molecule has 2 N–H and O–H groups in total. The lowest BCUT2D eigenvalue weighted by atomic mass is 9.98. The van der Waals surface area contributed by atoms with Gasteiger partial charge in [-0.05, 0) is 54.7 Å². The van der Waals surface area contributed by atoms with Gasteiger partial charge in [-0.25, -0.2) is 0 Å². The van der Waals surface area contributed by atoms with Gasteiger partial charge >= 0.3 is 0 Å². The van der Waals surface area contributed by atoms with Gasteiger partial charge in [0.2, 0.25) is 0 Å². The van der Waals surface area contributed by atoms with Crippen LogP contribution in [0.15, 0.2) is 48.5 Å². The number of ether oxygens (including phenoxy) is 2. The van der Waals surface area contributed by atoms with Crippen molar-refractivity contribution in [3.05, 3.63) is 59.7 Å². The van der Waals surface area contributed by atoms with E-state index in [1.54, 1.807) is 24.3 Å². The lowest BCUT2D eigenvalue weighted by Gasteiger charge is -2.15. The Morgan fingerprint density at radius 3 is 2.38 bits per heavy atom. The molecule has 0 bridgehead atoms. The summed E-state index contributed by atoms with van der Waals surface area (Å²) in [6, 6.07) is 14.5. The molecule has 2 aromatic carbocycles. The zero-order chi connectivity index (χ0) is 21.1. The van der Waals surface area contributed by atoms with Gasteiger partial charge in [0.1, 0.15) is 11.5 Å². The second-order valence-corrected chi connectivity index (χ2v) is 6.86. The molecule has 6 nitrogen and oxygen atoms in total. The first kappa shape index (κ1) is 22.3. The van der Waals surface area contributed by atoms with Crippen molar-refractivity contribution in [1.29, 1.82) is 0 Å². The van der Waals surface area contributed by atoms with E-state index >= 15 is 0 Å². The van der Waals surface area contributed by atoms with Crippen molar-refractivity contribution in [1.82, 2.24) is 10.9 Å². The summed E-state index contributed by atoms with van der Waals surface area (Å²) in [6.45, 7) is 6.78. The summed E-state index contributed by atoms with van der Waals surface area (Å²) < 4.78 is 11.2. The number of hydrogen-bond acceptors (Lipinski definition) is 4. The van der Waals surface area contributed by atoms with E-state index in [2.05, 4.69) is 31.6 Å². The third-order valence-electron chi connectivity index (χ3n) is 4.62. The molecular weight excluding hydrogens is 368 g/mol. The molecule has 1 unspecified atom stereocenters. The number of hydrazine groups is 1. The van der Waals surface area contributed by atoms with Crippen molar-refractivity contribution in [3.8, 4) is 11.5 Å². The van der Waals surface area contributed by atoms with E-state index in [-0.39, 0.29) is 6.61 Å². The maximum atomic E-state index is 12.2. The van der Waals surface area contributed by atoms with Gasteiger partial charge in [0.25, 0.3) is 11.8 Å². The number of rotatable bonds is 10. The number of hydrogen-bond donors (Lipinski definition) is 2. The fourth-order valence-electron chi connectivity index (χ4n) is 2.65. The zero-order valence-electron chi connectivity index (χ0n) is 17.4. The van der Waals surface area contributed by atoms with E-state index in [4.69, 9.17) is 9.47 Å². The first-order valence-corrected chi connectivity index (χ1v) is 10.1. The Balaban J connectivity index is 1.80. The van der Waals surface area contributed by atoms with Gasteiger partial charge in [0.05, 0.1) is 6.61 Å². The SMILES string of the molecule is CCCCOc1ccc(C(=O)NNC(=O)COc2ccccc2C(C)CC)cc1. The van der Waals surface area contributed by atoms with E-state index in [1.165, 1.54) is 0 Å². The Kier molecular flexibility index (Phi) is 9.02. The predicted octanol–water partition coefficient (Wildman–Crippen LogP) is 4.22. The molecule has 0 aliphatic rings. The number of unbranched alkanes of at least 4 members (excludes halogenated alkanes) is 1. The zero-order valence-corrected chi connectivity index (χ0v) is 17.4. The van der Waals surface area contributed by atoms with Crippen LogP contribution >= 0.6 is 0 Å². The summed E-state index contributed by atoms with van der Waals surface area (Å²) in [4.78, 5) is 24.2. The highest BCUT2D eigenvalue weighted by atomic mass is 16.5. The first-order chi connectivity index (χ1) is 14.0. The lowest BCUT2D eigenvalue weighted by molar-refractivity contribution is -0.123. The summed E-state index contributed by atoms with van der Waals surface area (Å²) in [7, 11) is 0. The van der Waals surface area contributed by atoms with Crippen molar-refractivity contribution in [3.63, 3.8) is 0 Å². The number of carbonyl (C=O) groups excluding carboxylic acids is 2. The van der Waals surface area contributed by atoms with Crippen molar-refractivity contribution in [2.75, 3.05) is 13.2 Å². The largest absolute Gasteiger partial charge is 0.494 e. The molecule has 2 rings (SSSR count). The van der Waals surface area contributed by atoms with Crippen molar-refractivity contribution < 1.29 is 19.1 Å². The summed E-state index contributed by atoms with van der Waals surface area (Å²) >= 11 is 0. The van der Waals surface area contributed by atoms with Crippen LogP contribution in [0.3, 0.4) is 0 Å². The minimum Gasteiger partial charge on any atom is -0.494 e. The van der Waals surface area contributed by atoms with Crippen LogP contribution in [0.2, 0.25) is 0 Å². The topological polar surface area (TPSA) is 76.7 Å². The summed E-state index contributed by atoms with van der Waals surface area (Å²) in [5, 5.41) is 0. The van der Waals surface area contributed by atoms with Crippen LogP contribution in [0.1, 0.15) is 61.9 Å². The van der Waals surface area contributed by atoms with E-state index in [0.717, 1.165) is 24.8 Å². The molecule has 0 spiro atoms. The van der Waals surface area contributed by atoms with Crippen LogP contribution in [0.4, 0.5) is 0 Å². The molecule has 0 fully saturated rings. The molecule has 0 radical (unpaired) electrons. The molecule has 0 saturated carbocycles. The second-order valence-electron chi connectivity index (χ2n) is 6.86. The Hall–Kier alpha value is -3.02. The fourth-order valence-corrected chi connectivity index (χ4v) is 2.65. The first-order valence-electron chi connectivity index (χ1n) is 10.1. The van der Waals surface area contributed by atoms with Gasteiger partial charge in [-0.2, -0.15) is 0 Å². The Bertz CT molecular complexity index is 790. The monoisotopic (exact) mass is 398 g/mol. The number of para-hydroxylation sites is 1. The van der Waals surface area contributed by atoms with Gasteiger partial charge in [0.15, 0.2) is 6.61 Å². The molecule has 6 heteroatoms. The van der Waals surface area contributed by atoms with Gasteiger partial charge in [0, 0.05) is 5.56 Å². The summed E-state index contributed by atoms with van der Waals surface area (Å²) in [5.74, 6) is 0.896. The Morgan fingerprint density at radius 2 is 1.69 bits per heavy atom. The molecule has 0 aromatic heterocycles.